The molecule has 0 spiro atoms. The summed E-state index contributed by atoms with van der Waals surface area (Å²) in [5, 5.41) is 3.69. The fourth-order valence-corrected chi connectivity index (χ4v) is 2.64. The average molecular weight is 311 g/mol. The first-order chi connectivity index (χ1) is 8.54. The Balaban J connectivity index is 2.62. The quantitative estimate of drug-likeness (QED) is 0.936. The maximum atomic E-state index is 5.74. The normalized spacial score (nSPS) is 10.9. The molecule has 0 bridgehead atoms. The lowest BCUT2D eigenvalue weighted by Gasteiger charge is -2.14. The summed E-state index contributed by atoms with van der Waals surface area (Å²) < 4.78 is 11.3. The van der Waals surface area contributed by atoms with Crippen LogP contribution in [0.2, 0.25) is 0 Å². The molecule has 0 aliphatic heterocycles. The highest BCUT2D eigenvalue weighted by Crippen LogP contribution is 2.39. The Morgan fingerprint density at radius 2 is 2.06 bits per heavy atom. The van der Waals surface area contributed by atoms with Gasteiger partial charge in [0.25, 0.3) is 0 Å². The molecule has 2 rings (SSSR count). The van der Waals surface area contributed by atoms with Crippen LogP contribution in [0.1, 0.15) is 25.3 Å². The van der Waals surface area contributed by atoms with Crippen molar-refractivity contribution in [3.8, 4) is 16.9 Å². The molecule has 0 saturated heterocycles. The number of nitrogen functional groups attached to an aromatic ring is 1. The molecule has 0 atom stereocenters. The van der Waals surface area contributed by atoms with Gasteiger partial charge in [-0.3, -0.25) is 0 Å². The lowest BCUT2D eigenvalue weighted by Crippen LogP contribution is -1.95. The first-order valence-electron chi connectivity index (χ1n) is 5.62. The molecule has 2 N–H and O–H groups in total. The highest BCUT2D eigenvalue weighted by molar-refractivity contribution is 9.10. The van der Waals surface area contributed by atoms with E-state index in [1.807, 2.05) is 12.1 Å². The lowest BCUT2D eigenvalue weighted by molar-refractivity contribution is 0.415. The van der Waals surface area contributed by atoms with Crippen LogP contribution in [0.5, 0.6) is 5.75 Å². The summed E-state index contributed by atoms with van der Waals surface area (Å²) >= 11 is 3.57. The second-order valence-electron chi connectivity index (χ2n) is 4.33. The minimum atomic E-state index is 0.289. The molecule has 1 aromatic heterocycles. The molecular weight excluding hydrogens is 296 g/mol. The summed E-state index contributed by atoms with van der Waals surface area (Å²) in [7, 11) is 1.64. The van der Waals surface area contributed by atoms with E-state index in [4.69, 9.17) is 15.0 Å². The number of nitrogens with two attached hydrogens (primary N) is 1. The lowest BCUT2D eigenvalue weighted by atomic mass is 9.98. The van der Waals surface area contributed by atoms with Gasteiger partial charge in [-0.2, -0.15) is 0 Å². The minimum Gasteiger partial charge on any atom is -0.496 e. The molecule has 1 heterocycles. The number of rotatable bonds is 3. The highest BCUT2D eigenvalue weighted by Gasteiger charge is 2.16. The van der Waals surface area contributed by atoms with E-state index in [1.165, 1.54) is 5.56 Å². The molecule has 0 radical (unpaired) electrons. The molecule has 5 heteroatoms. The van der Waals surface area contributed by atoms with Crippen molar-refractivity contribution in [3.05, 3.63) is 28.4 Å². The van der Waals surface area contributed by atoms with Gasteiger partial charge in [-0.25, -0.2) is 0 Å². The van der Waals surface area contributed by atoms with Crippen molar-refractivity contribution in [2.24, 2.45) is 0 Å². The number of anilines is 1. The maximum absolute atomic E-state index is 5.74. The third-order valence-electron chi connectivity index (χ3n) is 2.83. The van der Waals surface area contributed by atoms with Crippen molar-refractivity contribution < 1.29 is 9.26 Å². The van der Waals surface area contributed by atoms with E-state index in [1.54, 1.807) is 13.3 Å². The van der Waals surface area contributed by atoms with E-state index in [9.17, 15) is 0 Å². The second-order valence-corrected chi connectivity index (χ2v) is 5.19. The predicted octanol–water partition coefficient (Wildman–Crippen LogP) is 3.82. The van der Waals surface area contributed by atoms with Crippen molar-refractivity contribution in [1.29, 1.82) is 0 Å². The van der Waals surface area contributed by atoms with Gasteiger partial charge in [0.05, 0.1) is 18.9 Å². The molecule has 1 aromatic carbocycles. The first-order valence-corrected chi connectivity index (χ1v) is 6.41. The van der Waals surface area contributed by atoms with Crippen LogP contribution in [0.15, 0.2) is 27.3 Å². The summed E-state index contributed by atoms with van der Waals surface area (Å²) in [6, 6.07) is 3.99. The zero-order chi connectivity index (χ0) is 13.3. The summed E-state index contributed by atoms with van der Waals surface area (Å²) in [5.41, 5.74) is 8.54. The van der Waals surface area contributed by atoms with Gasteiger partial charge >= 0.3 is 0 Å². The molecule has 0 amide bonds. The van der Waals surface area contributed by atoms with Gasteiger partial charge in [0, 0.05) is 10.0 Å². The van der Waals surface area contributed by atoms with Gasteiger partial charge in [0.15, 0.2) is 0 Å². The zero-order valence-electron chi connectivity index (χ0n) is 10.5. The molecule has 0 fully saturated rings. The Labute approximate surface area is 114 Å². The van der Waals surface area contributed by atoms with Gasteiger partial charge in [0.1, 0.15) is 5.75 Å². The Bertz CT molecular complexity index is 564. The van der Waals surface area contributed by atoms with Crippen LogP contribution in [-0.4, -0.2) is 12.3 Å². The molecule has 4 nitrogen and oxygen atoms in total. The molecule has 0 aliphatic rings. The monoisotopic (exact) mass is 310 g/mol. The third kappa shape index (κ3) is 2.22. The molecule has 0 unspecified atom stereocenters. The van der Waals surface area contributed by atoms with Crippen molar-refractivity contribution in [1.82, 2.24) is 5.16 Å². The Morgan fingerprint density at radius 3 is 2.56 bits per heavy atom. The van der Waals surface area contributed by atoms with E-state index in [-0.39, 0.29) is 5.88 Å². The summed E-state index contributed by atoms with van der Waals surface area (Å²) in [5.74, 6) is 1.46. The van der Waals surface area contributed by atoms with Crippen LogP contribution < -0.4 is 10.5 Å². The fourth-order valence-electron chi connectivity index (χ4n) is 1.84. The summed E-state index contributed by atoms with van der Waals surface area (Å²) in [6.07, 6.45) is 1.59. The zero-order valence-corrected chi connectivity index (χ0v) is 12.1. The van der Waals surface area contributed by atoms with E-state index >= 15 is 0 Å². The molecule has 2 aromatic rings. The Morgan fingerprint density at radius 1 is 1.33 bits per heavy atom. The Hall–Kier alpha value is -1.49. The van der Waals surface area contributed by atoms with Gasteiger partial charge in [-0.15, -0.1) is 0 Å². The molecule has 0 saturated carbocycles. The minimum absolute atomic E-state index is 0.289. The number of aromatic nitrogens is 1. The van der Waals surface area contributed by atoms with E-state index < -0.39 is 0 Å². The van der Waals surface area contributed by atoms with Crippen LogP contribution in [0.4, 0.5) is 5.88 Å². The number of nitrogens with zero attached hydrogens (tertiary/aromatic N) is 1. The van der Waals surface area contributed by atoms with Crippen molar-refractivity contribution in [2.75, 3.05) is 12.8 Å². The van der Waals surface area contributed by atoms with E-state index in [0.29, 0.717) is 5.92 Å². The molecule has 18 heavy (non-hydrogen) atoms. The highest BCUT2D eigenvalue weighted by atomic mass is 79.9. The fraction of sp³-hybridized carbons (Fsp3) is 0.308. The van der Waals surface area contributed by atoms with Crippen molar-refractivity contribution >= 4 is 21.8 Å². The third-order valence-corrected chi connectivity index (χ3v) is 3.52. The number of hydrogen-bond donors (Lipinski definition) is 1. The van der Waals surface area contributed by atoms with Gasteiger partial charge < -0.3 is 15.0 Å². The number of halogens is 1. The standard InChI is InChI=1S/C13H15BrN2O2/c1-7(2)8-5-12(17-3)9(4-11(8)14)10-6-16-18-13(10)15/h4-7H,15H2,1-3H3. The van der Waals surface area contributed by atoms with Gasteiger partial charge in [0.2, 0.25) is 5.88 Å². The van der Waals surface area contributed by atoms with Gasteiger partial charge in [-0.05, 0) is 23.6 Å². The van der Waals surface area contributed by atoms with Crippen molar-refractivity contribution in [3.63, 3.8) is 0 Å². The average Bonchev–Trinajstić information content (AvgIpc) is 2.74. The number of hydrogen-bond acceptors (Lipinski definition) is 4. The molecule has 96 valence electrons. The first kappa shape index (κ1) is 13.0. The topological polar surface area (TPSA) is 61.3 Å². The smallest absolute Gasteiger partial charge is 0.230 e. The number of benzene rings is 1. The van der Waals surface area contributed by atoms with Crippen LogP contribution >= 0.6 is 15.9 Å². The van der Waals surface area contributed by atoms with E-state index in [0.717, 1.165) is 21.3 Å². The van der Waals surface area contributed by atoms with Crippen LogP contribution in [-0.2, 0) is 0 Å². The van der Waals surface area contributed by atoms with E-state index in [2.05, 4.69) is 34.9 Å². The van der Waals surface area contributed by atoms with Crippen LogP contribution in [0.3, 0.4) is 0 Å². The SMILES string of the molecule is COc1cc(C(C)C)c(Br)cc1-c1cnoc1N. The van der Waals surface area contributed by atoms with Gasteiger partial charge in [-0.1, -0.05) is 34.9 Å². The predicted molar refractivity (Wildman–Crippen MR) is 74.7 cm³/mol. The number of methoxy groups -OCH3 is 1. The Kier molecular flexibility index (Phi) is 3.61. The molecule has 0 aliphatic carbocycles. The maximum Gasteiger partial charge on any atom is 0.230 e. The summed E-state index contributed by atoms with van der Waals surface area (Å²) in [4.78, 5) is 0. The second kappa shape index (κ2) is 5.02. The molecular formula is C13H15BrN2O2. The summed E-state index contributed by atoms with van der Waals surface area (Å²) in [6.45, 7) is 4.26. The largest absolute Gasteiger partial charge is 0.496 e. The van der Waals surface area contributed by atoms with Crippen molar-refractivity contribution in [2.45, 2.75) is 19.8 Å². The van der Waals surface area contributed by atoms with Crippen LogP contribution in [0.25, 0.3) is 11.1 Å². The van der Waals surface area contributed by atoms with Crippen LogP contribution in [0, 0.1) is 0 Å². The number of ether oxygens (including phenoxy) is 1.